The smallest absolute Gasteiger partial charge is 0.295 e. The highest BCUT2D eigenvalue weighted by molar-refractivity contribution is 7.99. The molecule has 0 aliphatic heterocycles. The monoisotopic (exact) mass is 303 g/mol. The standard InChI is InChI=1S/C14H16F3NOS/c1-10(19)6-7-13(2,3)9-20-12-5-4-11(8-18-12)14(15,16)17/h4-8H,9H2,1-3H3/b7-6+. The van der Waals surface area contributed by atoms with Gasteiger partial charge in [-0.25, -0.2) is 4.98 Å². The van der Waals surface area contributed by atoms with Gasteiger partial charge in [0.15, 0.2) is 5.78 Å². The lowest BCUT2D eigenvalue weighted by atomic mass is 9.95. The average Bonchev–Trinajstić information content (AvgIpc) is 2.34. The Morgan fingerprint density at radius 3 is 2.45 bits per heavy atom. The minimum Gasteiger partial charge on any atom is -0.295 e. The Labute approximate surface area is 120 Å². The van der Waals surface area contributed by atoms with E-state index in [-0.39, 0.29) is 11.2 Å². The van der Waals surface area contributed by atoms with Crippen LogP contribution in [0.15, 0.2) is 35.5 Å². The molecule has 0 aromatic carbocycles. The maximum atomic E-state index is 12.4. The molecule has 0 bridgehead atoms. The summed E-state index contributed by atoms with van der Waals surface area (Å²) in [6, 6.07) is 2.38. The van der Waals surface area contributed by atoms with Gasteiger partial charge in [-0.1, -0.05) is 19.9 Å². The molecule has 1 rings (SSSR count). The van der Waals surface area contributed by atoms with Crippen LogP contribution in [0.1, 0.15) is 26.3 Å². The van der Waals surface area contributed by atoms with Crippen molar-refractivity contribution < 1.29 is 18.0 Å². The molecule has 6 heteroatoms. The van der Waals surface area contributed by atoms with E-state index < -0.39 is 11.7 Å². The Balaban J connectivity index is 2.64. The Hall–Kier alpha value is -1.30. The minimum atomic E-state index is -4.36. The van der Waals surface area contributed by atoms with E-state index in [2.05, 4.69) is 4.98 Å². The summed E-state index contributed by atoms with van der Waals surface area (Å²) in [5.41, 5.74) is -0.988. The van der Waals surface area contributed by atoms with Crippen LogP contribution in [0, 0.1) is 5.41 Å². The highest BCUT2D eigenvalue weighted by Gasteiger charge is 2.30. The molecule has 110 valence electrons. The number of aromatic nitrogens is 1. The van der Waals surface area contributed by atoms with Crippen molar-refractivity contribution in [3.63, 3.8) is 0 Å². The van der Waals surface area contributed by atoms with Gasteiger partial charge in [-0.3, -0.25) is 4.79 Å². The van der Waals surface area contributed by atoms with Gasteiger partial charge in [0.1, 0.15) is 0 Å². The maximum Gasteiger partial charge on any atom is 0.417 e. The van der Waals surface area contributed by atoms with Crippen molar-refractivity contribution in [2.24, 2.45) is 5.41 Å². The lowest BCUT2D eigenvalue weighted by molar-refractivity contribution is -0.137. The molecule has 0 N–H and O–H groups in total. The van der Waals surface area contributed by atoms with Crippen molar-refractivity contribution in [3.8, 4) is 0 Å². The average molecular weight is 303 g/mol. The number of carbonyl (C=O) groups excluding carboxylic acids is 1. The molecule has 0 aliphatic rings. The lowest BCUT2D eigenvalue weighted by Crippen LogP contribution is -2.11. The largest absolute Gasteiger partial charge is 0.417 e. The van der Waals surface area contributed by atoms with Gasteiger partial charge >= 0.3 is 6.18 Å². The number of ketones is 1. The third kappa shape index (κ3) is 5.77. The van der Waals surface area contributed by atoms with Gasteiger partial charge in [-0.15, -0.1) is 11.8 Å². The molecular formula is C14H16F3NOS. The van der Waals surface area contributed by atoms with Crippen molar-refractivity contribution in [1.29, 1.82) is 0 Å². The molecule has 0 saturated carbocycles. The summed E-state index contributed by atoms with van der Waals surface area (Å²) in [7, 11) is 0. The van der Waals surface area contributed by atoms with Crippen LogP contribution in [0.4, 0.5) is 13.2 Å². The number of hydrogen-bond acceptors (Lipinski definition) is 3. The second-order valence-electron chi connectivity index (χ2n) is 5.10. The van der Waals surface area contributed by atoms with E-state index in [0.717, 1.165) is 12.3 Å². The first kappa shape index (κ1) is 16.8. The van der Waals surface area contributed by atoms with Crippen LogP contribution in [0.5, 0.6) is 0 Å². The van der Waals surface area contributed by atoms with E-state index in [1.54, 1.807) is 6.08 Å². The molecular weight excluding hydrogens is 287 g/mol. The maximum absolute atomic E-state index is 12.4. The summed E-state index contributed by atoms with van der Waals surface area (Å²) in [4.78, 5) is 14.7. The van der Waals surface area contributed by atoms with Crippen LogP contribution in [-0.2, 0) is 11.0 Å². The number of halogens is 3. The zero-order valence-corrected chi connectivity index (χ0v) is 12.3. The Morgan fingerprint density at radius 1 is 1.35 bits per heavy atom. The van der Waals surface area contributed by atoms with Gasteiger partial charge in [0.25, 0.3) is 0 Å². The Kier molecular flexibility index (Phi) is 5.39. The van der Waals surface area contributed by atoms with Crippen molar-refractivity contribution in [2.75, 3.05) is 5.75 Å². The van der Waals surface area contributed by atoms with E-state index in [1.807, 2.05) is 13.8 Å². The second-order valence-corrected chi connectivity index (χ2v) is 6.10. The van der Waals surface area contributed by atoms with Crippen molar-refractivity contribution >= 4 is 17.5 Å². The first-order chi connectivity index (χ1) is 9.10. The molecule has 1 aromatic rings. The summed E-state index contributed by atoms with van der Waals surface area (Å²) < 4.78 is 37.1. The molecule has 0 fully saturated rings. The fraction of sp³-hybridized carbons (Fsp3) is 0.429. The van der Waals surface area contributed by atoms with Gasteiger partial charge in [-0.2, -0.15) is 13.2 Å². The number of alkyl halides is 3. The number of carbonyl (C=O) groups is 1. The SMILES string of the molecule is CC(=O)/C=C/C(C)(C)CSc1ccc(C(F)(F)F)cn1. The molecule has 20 heavy (non-hydrogen) atoms. The third-order valence-electron chi connectivity index (χ3n) is 2.42. The van der Waals surface area contributed by atoms with Crippen LogP contribution in [-0.4, -0.2) is 16.5 Å². The van der Waals surface area contributed by atoms with Gasteiger partial charge in [0, 0.05) is 11.9 Å². The van der Waals surface area contributed by atoms with Gasteiger partial charge in [0.05, 0.1) is 10.6 Å². The number of pyridine rings is 1. The zero-order valence-electron chi connectivity index (χ0n) is 11.5. The van der Waals surface area contributed by atoms with E-state index >= 15 is 0 Å². The molecule has 0 spiro atoms. The van der Waals surface area contributed by atoms with Crippen LogP contribution < -0.4 is 0 Å². The Bertz CT molecular complexity index is 492. The third-order valence-corrected chi connectivity index (χ3v) is 3.85. The molecule has 1 heterocycles. The molecule has 0 unspecified atom stereocenters. The van der Waals surface area contributed by atoms with Gasteiger partial charge < -0.3 is 0 Å². The predicted octanol–water partition coefficient (Wildman–Crippen LogP) is 4.36. The highest BCUT2D eigenvalue weighted by Crippen LogP contribution is 2.31. The van der Waals surface area contributed by atoms with E-state index in [9.17, 15) is 18.0 Å². The summed E-state index contributed by atoms with van der Waals surface area (Å²) in [5, 5.41) is 0.530. The fourth-order valence-electron chi connectivity index (χ4n) is 1.28. The Morgan fingerprint density at radius 2 is 2.00 bits per heavy atom. The van der Waals surface area contributed by atoms with E-state index in [4.69, 9.17) is 0 Å². The predicted molar refractivity (Wildman–Crippen MR) is 73.6 cm³/mol. The van der Waals surface area contributed by atoms with Crippen LogP contribution in [0.3, 0.4) is 0 Å². The topological polar surface area (TPSA) is 30.0 Å². The quantitative estimate of drug-likeness (QED) is 0.598. The van der Waals surface area contributed by atoms with E-state index in [1.165, 1.54) is 30.8 Å². The number of rotatable bonds is 5. The first-order valence-electron chi connectivity index (χ1n) is 5.96. The van der Waals surface area contributed by atoms with E-state index in [0.29, 0.717) is 10.8 Å². The summed E-state index contributed by atoms with van der Waals surface area (Å²) in [5.74, 6) is 0.588. The molecule has 2 nitrogen and oxygen atoms in total. The highest BCUT2D eigenvalue weighted by atomic mass is 32.2. The summed E-state index contributed by atoms with van der Waals surface area (Å²) >= 11 is 1.36. The fourth-order valence-corrected chi connectivity index (χ4v) is 2.19. The van der Waals surface area contributed by atoms with Crippen molar-refractivity contribution in [1.82, 2.24) is 4.98 Å². The van der Waals surface area contributed by atoms with Crippen LogP contribution in [0.2, 0.25) is 0 Å². The normalized spacial score (nSPS) is 12.9. The lowest BCUT2D eigenvalue weighted by Gasteiger charge is -2.19. The van der Waals surface area contributed by atoms with Gasteiger partial charge in [-0.05, 0) is 30.5 Å². The number of hydrogen-bond donors (Lipinski definition) is 0. The molecule has 1 aromatic heterocycles. The van der Waals surface area contributed by atoms with Crippen molar-refractivity contribution in [2.45, 2.75) is 32.0 Å². The molecule has 0 radical (unpaired) electrons. The van der Waals surface area contributed by atoms with Crippen LogP contribution >= 0.6 is 11.8 Å². The molecule has 0 amide bonds. The minimum absolute atomic E-state index is 0.0317. The summed E-state index contributed by atoms with van der Waals surface area (Å²) in [6.07, 6.45) is -0.229. The summed E-state index contributed by atoms with van der Waals surface area (Å²) in [6.45, 7) is 5.37. The van der Waals surface area contributed by atoms with Crippen molar-refractivity contribution in [3.05, 3.63) is 36.0 Å². The zero-order chi connectivity index (χ0) is 15.4. The second kappa shape index (κ2) is 6.43. The molecule has 0 saturated heterocycles. The number of thioether (sulfide) groups is 1. The van der Waals surface area contributed by atoms with Crippen LogP contribution in [0.25, 0.3) is 0 Å². The number of allylic oxidation sites excluding steroid dienone is 2. The first-order valence-corrected chi connectivity index (χ1v) is 6.94. The molecule has 0 aliphatic carbocycles. The number of nitrogens with zero attached hydrogens (tertiary/aromatic N) is 1. The molecule has 0 atom stereocenters. The van der Waals surface area contributed by atoms with Gasteiger partial charge in [0.2, 0.25) is 0 Å².